The summed E-state index contributed by atoms with van der Waals surface area (Å²) in [5.74, 6) is -0.200. The largest absolute Gasteiger partial charge is 0.467 e. The van der Waals surface area contributed by atoms with Gasteiger partial charge >= 0.3 is 0 Å². The Bertz CT molecular complexity index is 537. The number of likely N-dealkylation sites (N-methyl/N-ethyl adjacent to an activating group) is 1. The second-order valence-electron chi connectivity index (χ2n) is 4.52. The van der Waals surface area contributed by atoms with E-state index in [0.29, 0.717) is 18.7 Å². The highest BCUT2D eigenvalue weighted by Crippen LogP contribution is 2.25. The average Bonchev–Trinajstić information content (AvgIpc) is 2.83. The van der Waals surface area contributed by atoms with Gasteiger partial charge in [-0.15, -0.1) is 0 Å². The van der Waals surface area contributed by atoms with E-state index in [1.165, 1.54) is 4.90 Å². The second kappa shape index (κ2) is 5.87. The smallest absolute Gasteiger partial charge is 0.254 e. The summed E-state index contributed by atoms with van der Waals surface area (Å²) in [5.41, 5.74) is 0.940. The molecule has 0 aromatic carbocycles. The molecule has 0 saturated heterocycles. The molecule has 1 aliphatic heterocycles. The van der Waals surface area contributed by atoms with Gasteiger partial charge in [-0.3, -0.25) is 25.2 Å². The van der Waals surface area contributed by atoms with Crippen LogP contribution >= 0.6 is 0 Å². The van der Waals surface area contributed by atoms with Gasteiger partial charge in [-0.1, -0.05) is 6.92 Å². The molecule has 0 aliphatic carbocycles. The number of nitrogens with zero attached hydrogens (tertiary/aromatic N) is 1. The maximum atomic E-state index is 12.5. The van der Waals surface area contributed by atoms with Gasteiger partial charge in [0, 0.05) is 13.0 Å². The standard InChI is InChI=1S/C13H18N4O3/c1-3-9(18)16-13(14)17-6-4-8-5-7-20-11(8)10(15-2)12(17)19/h5,7,10,15H,3-4,6H2,1-2H3,(H2,14,16,18). The minimum absolute atomic E-state index is 0.188. The van der Waals surface area contributed by atoms with Crippen LogP contribution in [0, 0.1) is 5.41 Å². The molecule has 1 aliphatic rings. The van der Waals surface area contributed by atoms with E-state index in [1.807, 2.05) is 6.07 Å². The normalized spacial score (nSPS) is 18.4. The van der Waals surface area contributed by atoms with Crippen molar-refractivity contribution in [2.75, 3.05) is 13.6 Å². The third-order valence-corrected chi connectivity index (χ3v) is 3.30. The lowest BCUT2D eigenvalue weighted by Gasteiger charge is -2.24. The lowest BCUT2D eigenvalue weighted by atomic mass is 10.1. The number of carbonyl (C=O) groups excluding carboxylic acids is 2. The van der Waals surface area contributed by atoms with Crippen LogP contribution in [0.25, 0.3) is 0 Å². The summed E-state index contributed by atoms with van der Waals surface area (Å²) in [4.78, 5) is 25.1. The molecule has 20 heavy (non-hydrogen) atoms. The van der Waals surface area contributed by atoms with E-state index in [1.54, 1.807) is 20.2 Å². The zero-order valence-electron chi connectivity index (χ0n) is 11.5. The van der Waals surface area contributed by atoms with Crippen molar-refractivity contribution in [2.24, 2.45) is 0 Å². The fraction of sp³-hybridized carbons (Fsp3) is 0.462. The number of furan rings is 1. The van der Waals surface area contributed by atoms with Crippen LogP contribution in [-0.4, -0.2) is 36.3 Å². The Morgan fingerprint density at radius 2 is 2.35 bits per heavy atom. The Hall–Kier alpha value is -2.15. The van der Waals surface area contributed by atoms with Gasteiger partial charge in [-0.05, 0) is 25.1 Å². The molecule has 0 saturated carbocycles. The summed E-state index contributed by atoms with van der Waals surface area (Å²) in [7, 11) is 1.66. The molecule has 2 heterocycles. The zero-order chi connectivity index (χ0) is 14.7. The summed E-state index contributed by atoms with van der Waals surface area (Å²) in [6, 6.07) is 1.19. The van der Waals surface area contributed by atoms with E-state index in [0.717, 1.165) is 5.56 Å². The quantitative estimate of drug-likeness (QED) is 0.538. The van der Waals surface area contributed by atoms with Crippen molar-refractivity contribution in [1.29, 1.82) is 5.41 Å². The Morgan fingerprint density at radius 1 is 1.60 bits per heavy atom. The van der Waals surface area contributed by atoms with E-state index < -0.39 is 6.04 Å². The molecule has 1 aromatic rings. The molecule has 1 unspecified atom stereocenters. The maximum Gasteiger partial charge on any atom is 0.254 e. The number of carbonyl (C=O) groups is 2. The van der Waals surface area contributed by atoms with E-state index in [9.17, 15) is 9.59 Å². The molecule has 2 rings (SSSR count). The predicted octanol–water partition coefficient (Wildman–Crippen LogP) is 0.386. The van der Waals surface area contributed by atoms with Gasteiger partial charge in [0.05, 0.1) is 6.26 Å². The SMILES string of the molecule is CCC(=O)NC(=N)N1CCc2ccoc2C(NC)C1=O. The van der Waals surface area contributed by atoms with Crippen LogP contribution in [0.15, 0.2) is 16.7 Å². The highest BCUT2D eigenvalue weighted by molar-refractivity contribution is 6.04. The molecule has 0 bridgehead atoms. The molecule has 7 heteroatoms. The number of rotatable bonds is 2. The monoisotopic (exact) mass is 278 g/mol. The number of hydrogen-bond acceptors (Lipinski definition) is 5. The van der Waals surface area contributed by atoms with Crippen molar-refractivity contribution >= 4 is 17.8 Å². The predicted molar refractivity (Wildman–Crippen MR) is 72.1 cm³/mol. The maximum absolute atomic E-state index is 12.5. The molecule has 1 atom stereocenters. The highest BCUT2D eigenvalue weighted by atomic mass is 16.3. The lowest BCUT2D eigenvalue weighted by molar-refractivity contribution is -0.130. The van der Waals surface area contributed by atoms with Gasteiger partial charge in [0.25, 0.3) is 5.91 Å². The van der Waals surface area contributed by atoms with Crippen LogP contribution in [0.5, 0.6) is 0 Å². The first-order chi connectivity index (χ1) is 9.58. The van der Waals surface area contributed by atoms with Gasteiger partial charge < -0.3 is 9.73 Å². The number of nitrogens with one attached hydrogen (secondary N) is 3. The molecule has 3 N–H and O–H groups in total. The van der Waals surface area contributed by atoms with Gasteiger partial charge in [0.15, 0.2) is 0 Å². The topological polar surface area (TPSA) is 98.4 Å². The van der Waals surface area contributed by atoms with Crippen molar-refractivity contribution in [3.63, 3.8) is 0 Å². The molecular weight excluding hydrogens is 260 g/mol. The van der Waals surface area contributed by atoms with Crippen molar-refractivity contribution in [3.8, 4) is 0 Å². The second-order valence-corrected chi connectivity index (χ2v) is 4.52. The van der Waals surface area contributed by atoms with Crippen LogP contribution in [-0.2, 0) is 16.0 Å². The summed E-state index contributed by atoms with van der Waals surface area (Å²) in [6.45, 7) is 2.03. The summed E-state index contributed by atoms with van der Waals surface area (Å²) in [5, 5.41) is 13.2. The molecular formula is C13H18N4O3. The van der Waals surface area contributed by atoms with Crippen LogP contribution in [0.3, 0.4) is 0 Å². The molecule has 2 amide bonds. The first-order valence-corrected chi connectivity index (χ1v) is 6.51. The zero-order valence-corrected chi connectivity index (χ0v) is 11.5. The minimum Gasteiger partial charge on any atom is -0.467 e. The molecule has 108 valence electrons. The minimum atomic E-state index is -0.638. The molecule has 0 radical (unpaired) electrons. The van der Waals surface area contributed by atoms with Crippen molar-refractivity contribution in [2.45, 2.75) is 25.8 Å². The average molecular weight is 278 g/mol. The van der Waals surface area contributed by atoms with Gasteiger partial charge in [-0.25, -0.2) is 0 Å². The summed E-state index contributed by atoms with van der Waals surface area (Å²) < 4.78 is 5.37. The Morgan fingerprint density at radius 3 is 3.00 bits per heavy atom. The van der Waals surface area contributed by atoms with Crippen LogP contribution in [0.4, 0.5) is 0 Å². The number of amides is 2. The third-order valence-electron chi connectivity index (χ3n) is 3.30. The van der Waals surface area contributed by atoms with Crippen LogP contribution < -0.4 is 10.6 Å². The fourth-order valence-electron chi connectivity index (χ4n) is 2.18. The van der Waals surface area contributed by atoms with Crippen molar-refractivity contribution < 1.29 is 14.0 Å². The molecule has 1 aromatic heterocycles. The van der Waals surface area contributed by atoms with E-state index in [2.05, 4.69) is 10.6 Å². The summed E-state index contributed by atoms with van der Waals surface area (Å²) in [6.07, 6.45) is 2.41. The molecule has 0 spiro atoms. The first kappa shape index (κ1) is 14.3. The lowest BCUT2D eigenvalue weighted by Crippen LogP contribution is -2.49. The van der Waals surface area contributed by atoms with E-state index in [-0.39, 0.29) is 24.2 Å². The van der Waals surface area contributed by atoms with Gasteiger partial charge in [0.1, 0.15) is 11.8 Å². The highest BCUT2D eigenvalue weighted by Gasteiger charge is 2.34. The fourth-order valence-corrected chi connectivity index (χ4v) is 2.18. The Balaban J connectivity index is 2.21. The van der Waals surface area contributed by atoms with E-state index in [4.69, 9.17) is 9.83 Å². The van der Waals surface area contributed by atoms with Crippen molar-refractivity contribution in [1.82, 2.24) is 15.5 Å². The van der Waals surface area contributed by atoms with Gasteiger partial charge in [-0.2, -0.15) is 0 Å². The Kier molecular flexibility index (Phi) is 4.19. The first-order valence-electron chi connectivity index (χ1n) is 6.51. The number of hydrogen-bond donors (Lipinski definition) is 3. The van der Waals surface area contributed by atoms with Gasteiger partial charge in [0.2, 0.25) is 11.9 Å². The third kappa shape index (κ3) is 2.57. The van der Waals surface area contributed by atoms with Crippen molar-refractivity contribution in [3.05, 3.63) is 23.7 Å². The molecule has 0 fully saturated rings. The Labute approximate surface area is 116 Å². The van der Waals surface area contributed by atoms with Crippen LogP contribution in [0.1, 0.15) is 30.7 Å². The van der Waals surface area contributed by atoms with E-state index >= 15 is 0 Å². The van der Waals surface area contributed by atoms with Crippen LogP contribution in [0.2, 0.25) is 0 Å². The molecule has 7 nitrogen and oxygen atoms in total. The number of fused-ring (bicyclic) bond motifs is 1. The summed E-state index contributed by atoms with van der Waals surface area (Å²) >= 11 is 0. The number of guanidine groups is 1.